The van der Waals surface area contributed by atoms with Crippen molar-refractivity contribution in [3.8, 4) is 11.1 Å². The molecule has 5 aromatic carbocycles. The second-order valence-corrected chi connectivity index (χ2v) is 19.1. The molecule has 264 valence electrons. The van der Waals surface area contributed by atoms with Gasteiger partial charge in [-0.1, -0.05) is 76.3 Å². The zero-order valence-corrected chi connectivity index (χ0v) is 37.5. The smallest absolute Gasteiger partial charge is 0.172 e. The van der Waals surface area contributed by atoms with Crippen LogP contribution in [0.4, 0.5) is 0 Å². The SMILES string of the molecule is CC(C)(C)c1c[c-]c2c(c1)-c1cc(C(C)(C)C)ccc1C2.CC(C)(C)c1ccc([C](=[Hf+2])c2ccc(C(C)(C)C)cc2)cc1.[Cl-].[Cl-].c1cc[cH-]c1. The van der Waals surface area contributed by atoms with Gasteiger partial charge in [0.2, 0.25) is 0 Å². The zero-order valence-electron chi connectivity index (χ0n) is 32.4. The first-order chi connectivity index (χ1) is 22.2. The van der Waals surface area contributed by atoms with Gasteiger partial charge in [0.15, 0.2) is 0 Å². The normalized spacial score (nSPS) is 12.1. The van der Waals surface area contributed by atoms with Gasteiger partial charge in [-0.15, -0.1) is 5.56 Å². The van der Waals surface area contributed by atoms with Crippen molar-refractivity contribution in [2.45, 2.75) is 111 Å². The summed E-state index contributed by atoms with van der Waals surface area (Å²) in [4.78, 5) is 0. The van der Waals surface area contributed by atoms with E-state index >= 15 is 0 Å². The van der Waals surface area contributed by atoms with Crippen LogP contribution in [0.25, 0.3) is 11.1 Å². The molecule has 6 rings (SSSR count). The molecule has 0 saturated carbocycles. The van der Waals surface area contributed by atoms with E-state index in [-0.39, 0.29) is 46.5 Å². The second-order valence-electron chi connectivity index (χ2n) is 17.3. The summed E-state index contributed by atoms with van der Waals surface area (Å²) in [6.45, 7) is 27.2. The van der Waals surface area contributed by atoms with Crippen LogP contribution in [0.1, 0.15) is 128 Å². The average molecular weight is 870 g/mol. The van der Waals surface area contributed by atoms with E-state index < -0.39 is 0 Å². The van der Waals surface area contributed by atoms with Crippen molar-refractivity contribution in [2.75, 3.05) is 0 Å². The Morgan fingerprint density at radius 2 is 0.940 bits per heavy atom. The maximum absolute atomic E-state index is 3.53. The van der Waals surface area contributed by atoms with E-state index in [0.29, 0.717) is 0 Å². The van der Waals surface area contributed by atoms with Crippen LogP contribution < -0.4 is 24.8 Å². The fraction of sp³-hybridized carbons (Fsp3) is 0.362. The molecule has 1 aliphatic rings. The molecule has 5 aromatic rings. The van der Waals surface area contributed by atoms with Gasteiger partial charge in [0.1, 0.15) is 0 Å². The standard InChI is InChI=1S/C21H25.C21H26.C5H5.2ClH.Hf/c1-20(2,3)16-9-7-14-11-15-8-10-17(21(4,5)6)13-19(15)18(14)12-16;1-20(2,3)18-11-7-16(8-12-18)15-17-9-13-19(14-10-17)21(4,5)6;1-2-4-5-3-1;;;/h7,9-10,12-13H,11H2,1-6H3;7-14H,1-6H3;1-5H;2*1H;/q-1;;-1;;;+2/p-2. The number of rotatable bonds is 2. The minimum atomic E-state index is 0. The summed E-state index contributed by atoms with van der Waals surface area (Å²) >= 11 is 1.06. The molecule has 0 nitrogen and oxygen atoms in total. The number of hydrogen-bond donors (Lipinski definition) is 0. The first kappa shape index (κ1) is 43.7. The van der Waals surface area contributed by atoms with Crippen LogP contribution in [0.3, 0.4) is 0 Å². The summed E-state index contributed by atoms with van der Waals surface area (Å²) < 4.78 is 1.47. The predicted octanol–water partition coefficient (Wildman–Crippen LogP) is 6.46. The minimum absolute atomic E-state index is 0. The van der Waals surface area contributed by atoms with Crippen LogP contribution >= 0.6 is 0 Å². The van der Waals surface area contributed by atoms with E-state index in [0.717, 1.165) is 30.3 Å². The molecule has 0 N–H and O–H groups in total. The van der Waals surface area contributed by atoms with Crippen molar-refractivity contribution in [3.05, 3.63) is 160 Å². The van der Waals surface area contributed by atoms with Gasteiger partial charge in [-0.2, -0.15) is 47.5 Å². The van der Waals surface area contributed by atoms with Crippen molar-refractivity contribution in [2.24, 2.45) is 0 Å². The Balaban J connectivity index is 0.000000293. The van der Waals surface area contributed by atoms with E-state index in [1.165, 1.54) is 58.9 Å². The molecule has 0 atom stereocenters. The molecular weight excluding hydrogens is 814 g/mol. The largest absolute Gasteiger partial charge is 1.00 e. The van der Waals surface area contributed by atoms with Crippen molar-refractivity contribution in [1.29, 1.82) is 0 Å². The molecule has 50 heavy (non-hydrogen) atoms. The fourth-order valence-corrected chi connectivity index (χ4v) is 6.94. The number of hydrogen-bond acceptors (Lipinski definition) is 0. The zero-order chi connectivity index (χ0) is 35.5. The molecule has 0 aromatic heterocycles. The third kappa shape index (κ3) is 11.5. The summed E-state index contributed by atoms with van der Waals surface area (Å²) in [6.07, 6.45) is 1.03. The Kier molecular flexibility index (Phi) is 15.2. The molecule has 3 heteroatoms. The quantitative estimate of drug-likeness (QED) is 0.139. The summed E-state index contributed by atoms with van der Waals surface area (Å²) in [6, 6.07) is 43.3. The average Bonchev–Trinajstić information content (AvgIpc) is 3.71. The number of halogens is 2. The summed E-state index contributed by atoms with van der Waals surface area (Å²) in [7, 11) is 0. The van der Waals surface area contributed by atoms with Gasteiger partial charge in [-0.05, 0) is 17.4 Å². The molecule has 0 saturated heterocycles. The van der Waals surface area contributed by atoms with Crippen LogP contribution in [0.5, 0.6) is 0 Å². The molecule has 0 fully saturated rings. The third-order valence-electron chi connectivity index (χ3n) is 9.16. The van der Waals surface area contributed by atoms with Gasteiger partial charge in [-0.25, -0.2) is 12.1 Å². The van der Waals surface area contributed by atoms with Crippen LogP contribution in [0.2, 0.25) is 0 Å². The Labute approximate surface area is 331 Å². The van der Waals surface area contributed by atoms with Gasteiger partial charge < -0.3 is 24.8 Å². The molecule has 0 aliphatic heterocycles. The maximum Gasteiger partial charge on any atom is -0.172 e. The van der Waals surface area contributed by atoms with Crippen LogP contribution in [0.15, 0.2) is 109 Å². The molecule has 1 aliphatic carbocycles. The van der Waals surface area contributed by atoms with E-state index in [9.17, 15) is 0 Å². The van der Waals surface area contributed by atoms with E-state index in [1.54, 1.807) is 0 Å². The Bertz CT molecular complexity index is 1660. The molecule has 0 bridgehead atoms. The van der Waals surface area contributed by atoms with Gasteiger partial charge in [0, 0.05) is 0 Å². The summed E-state index contributed by atoms with van der Waals surface area (Å²) in [5.74, 6) is 0. The minimum Gasteiger partial charge on any atom is -1.00 e. The van der Waals surface area contributed by atoms with Gasteiger partial charge in [0.05, 0.1) is 0 Å². The van der Waals surface area contributed by atoms with Crippen molar-refractivity contribution in [1.82, 2.24) is 0 Å². The number of fused-ring (bicyclic) bond motifs is 3. The van der Waals surface area contributed by atoms with E-state index in [4.69, 9.17) is 0 Å². The molecular formula is C47H56Cl2Hf-2. The van der Waals surface area contributed by atoms with Crippen molar-refractivity contribution < 1.29 is 48.7 Å². The Hall–Kier alpha value is -2.45. The predicted molar refractivity (Wildman–Crippen MR) is 206 cm³/mol. The first-order valence-electron chi connectivity index (χ1n) is 17.4. The van der Waals surface area contributed by atoms with E-state index in [1.807, 2.05) is 30.3 Å². The van der Waals surface area contributed by atoms with Gasteiger partial charge in [-0.3, -0.25) is 0 Å². The molecule has 0 unspecified atom stereocenters. The Morgan fingerprint density at radius 3 is 1.32 bits per heavy atom. The van der Waals surface area contributed by atoms with E-state index in [2.05, 4.69) is 168 Å². The summed E-state index contributed by atoms with van der Waals surface area (Å²) in [5, 5.41) is 0. The molecule has 0 amide bonds. The first-order valence-corrected chi connectivity index (χ1v) is 19.2. The molecule has 0 radical (unpaired) electrons. The van der Waals surface area contributed by atoms with Crippen LogP contribution in [-0.4, -0.2) is 3.26 Å². The van der Waals surface area contributed by atoms with Crippen LogP contribution in [-0.2, 0) is 52.0 Å². The van der Waals surface area contributed by atoms with Gasteiger partial charge in [0.25, 0.3) is 0 Å². The Morgan fingerprint density at radius 1 is 0.540 bits per heavy atom. The summed E-state index contributed by atoms with van der Waals surface area (Å²) in [5.41, 5.74) is 14.7. The molecule has 0 spiro atoms. The van der Waals surface area contributed by atoms with Gasteiger partial charge >= 0.3 is 150 Å². The van der Waals surface area contributed by atoms with Crippen LogP contribution in [0, 0.1) is 6.07 Å². The maximum atomic E-state index is 3.53. The fourth-order valence-electron chi connectivity index (χ4n) is 5.75. The number of benzene rings is 4. The second kappa shape index (κ2) is 17.4. The van der Waals surface area contributed by atoms with Crippen molar-refractivity contribution >= 4 is 3.26 Å². The third-order valence-corrected chi connectivity index (χ3v) is 11.2. The monoisotopic (exact) mass is 870 g/mol. The van der Waals surface area contributed by atoms with Crippen molar-refractivity contribution in [3.63, 3.8) is 0 Å². The topological polar surface area (TPSA) is 0 Å². The molecule has 0 heterocycles.